The van der Waals surface area contributed by atoms with Crippen LogP contribution in [-0.2, 0) is 4.74 Å². The Hall–Kier alpha value is -0.693. The Balaban J connectivity index is 2.25. The first-order valence-electron chi connectivity index (χ1n) is 8.00. The molecule has 22 heavy (non-hydrogen) atoms. The van der Waals surface area contributed by atoms with Crippen molar-refractivity contribution in [2.24, 2.45) is 11.7 Å². The van der Waals surface area contributed by atoms with Gasteiger partial charge >= 0.3 is 6.09 Å². The minimum absolute atomic E-state index is 0.0312. The summed E-state index contributed by atoms with van der Waals surface area (Å²) in [7, 11) is 0.420. The summed E-state index contributed by atoms with van der Waals surface area (Å²) in [6, 6.07) is 0.647. The molecule has 0 heterocycles. The van der Waals surface area contributed by atoms with Gasteiger partial charge in [0.1, 0.15) is 12.3 Å². The van der Waals surface area contributed by atoms with Gasteiger partial charge in [-0.1, -0.05) is 19.6 Å². The number of alkyl halides is 2. The van der Waals surface area contributed by atoms with Gasteiger partial charge in [0.2, 0.25) is 0 Å². The minimum atomic E-state index is -1.36. The molecular formula is C15H30F2N2O2Si. The molecular weight excluding hydrogens is 306 g/mol. The first kappa shape index (κ1) is 19.4. The highest BCUT2D eigenvalue weighted by Gasteiger charge is 2.35. The average Bonchev–Trinajstić information content (AvgIpc) is 2.65. The zero-order valence-corrected chi connectivity index (χ0v) is 15.1. The van der Waals surface area contributed by atoms with E-state index in [1.807, 2.05) is 0 Å². The molecule has 0 aromatic carbocycles. The fourth-order valence-electron chi connectivity index (χ4n) is 2.70. The van der Waals surface area contributed by atoms with Crippen molar-refractivity contribution >= 4 is 14.2 Å². The monoisotopic (exact) mass is 336 g/mol. The van der Waals surface area contributed by atoms with Crippen LogP contribution in [-0.4, -0.2) is 57.7 Å². The molecule has 130 valence electrons. The summed E-state index contributed by atoms with van der Waals surface area (Å²) in [5.74, 6) is -0.0312. The number of nitrogens with two attached hydrogens (primary N) is 1. The van der Waals surface area contributed by atoms with E-state index in [2.05, 4.69) is 19.6 Å². The molecule has 0 unspecified atom stereocenters. The van der Waals surface area contributed by atoms with Crippen LogP contribution in [0.15, 0.2) is 0 Å². The van der Waals surface area contributed by atoms with E-state index in [0.29, 0.717) is 19.6 Å². The van der Waals surface area contributed by atoms with E-state index in [0.717, 1.165) is 6.04 Å². The van der Waals surface area contributed by atoms with Gasteiger partial charge in [0, 0.05) is 27.7 Å². The molecule has 0 aliphatic heterocycles. The number of carbonyl (C=O) groups excluding carboxylic acids is 1. The lowest BCUT2D eigenvalue weighted by Crippen LogP contribution is -2.40. The molecule has 0 bridgehead atoms. The third kappa shape index (κ3) is 7.04. The zero-order chi connectivity index (χ0) is 16.9. The van der Waals surface area contributed by atoms with Gasteiger partial charge in [0.25, 0.3) is 0 Å². The van der Waals surface area contributed by atoms with Gasteiger partial charge in [0.15, 0.2) is 0 Å². The number of halogens is 2. The standard InChI is InChI=1S/C15H30F2N2O2Si/c1-19(15(20)21-5-6-22(2,3)4)10-12(18)7-11-8-13(16)14(17)9-11/h11-14H,5-10,18H2,1-4H3/t11-,12-,13+,14-/m0/s1. The van der Waals surface area contributed by atoms with Crippen molar-refractivity contribution < 1.29 is 18.3 Å². The smallest absolute Gasteiger partial charge is 0.409 e. The number of amides is 1. The Morgan fingerprint density at radius 3 is 2.36 bits per heavy atom. The zero-order valence-electron chi connectivity index (χ0n) is 14.1. The second-order valence-corrected chi connectivity index (χ2v) is 13.3. The number of hydrogen-bond donors (Lipinski definition) is 1. The topological polar surface area (TPSA) is 55.6 Å². The Morgan fingerprint density at radius 2 is 1.86 bits per heavy atom. The number of hydrogen-bond acceptors (Lipinski definition) is 3. The van der Waals surface area contributed by atoms with Crippen molar-refractivity contribution in [3.8, 4) is 0 Å². The number of likely N-dealkylation sites (N-methyl/N-ethyl adjacent to an activating group) is 1. The first-order chi connectivity index (χ1) is 10.1. The largest absolute Gasteiger partial charge is 0.450 e. The molecule has 1 rings (SSSR count). The molecule has 0 aromatic rings. The van der Waals surface area contributed by atoms with Crippen LogP contribution in [0.3, 0.4) is 0 Å². The lowest BCUT2D eigenvalue weighted by Gasteiger charge is -2.23. The predicted octanol–water partition coefficient (Wildman–Crippen LogP) is 3.20. The molecule has 7 heteroatoms. The van der Waals surface area contributed by atoms with Gasteiger partial charge in [0.05, 0.1) is 6.61 Å². The first-order valence-corrected chi connectivity index (χ1v) is 11.7. The van der Waals surface area contributed by atoms with Crippen molar-refractivity contribution in [1.29, 1.82) is 0 Å². The van der Waals surface area contributed by atoms with Crippen LogP contribution in [0, 0.1) is 5.92 Å². The summed E-state index contributed by atoms with van der Waals surface area (Å²) >= 11 is 0. The van der Waals surface area contributed by atoms with Gasteiger partial charge in [-0.15, -0.1) is 0 Å². The molecule has 2 N–H and O–H groups in total. The van der Waals surface area contributed by atoms with E-state index in [9.17, 15) is 13.6 Å². The summed E-state index contributed by atoms with van der Waals surface area (Å²) in [5, 5.41) is 0. The van der Waals surface area contributed by atoms with E-state index >= 15 is 0 Å². The molecule has 0 aromatic heterocycles. The highest BCUT2D eigenvalue weighted by atomic mass is 28.3. The lowest BCUT2D eigenvalue weighted by molar-refractivity contribution is 0.112. The van der Waals surface area contributed by atoms with E-state index in [1.54, 1.807) is 7.05 Å². The Labute approximate surface area is 133 Å². The maximum absolute atomic E-state index is 13.1. The van der Waals surface area contributed by atoms with Gasteiger partial charge in [-0.3, -0.25) is 0 Å². The second kappa shape index (κ2) is 8.24. The van der Waals surface area contributed by atoms with Gasteiger partial charge < -0.3 is 15.4 Å². The molecule has 1 fully saturated rings. The molecule has 1 amide bonds. The van der Waals surface area contributed by atoms with Crippen LogP contribution >= 0.6 is 0 Å². The number of carbonyl (C=O) groups is 1. The second-order valence-electron chi connectivity index (χ2n) is 7.67. The van der Waals surface area contributed by atoms with E-state index in [4.69, 9.17) is 10.5 Å². The fraction of sp³-hybridized carbons (Fsp3) is 0.933. The van der Waals surface area contributed by atoms with Crippen LogP contribution < -0.4 is 5.73 Å². The third-order valence-corrected chi connectivity index (χ3v) is 5.75. The van der Waals surface area contributed by atoms with Gasteiger partial charge in [-0.2, -0.15) is 0 Å². The highest BCUT2D eigenvalue weighted by molar-refractivity contribution is 6.76. The van der Waals surface area contributed by atoms with Crippen LogP contribution in [0.2, 0.25) is 25.7 Å². The summed E-state index contributed by atoms with van der Waals surface area (Å²) < 4.78 is 31.5. The van der Waals surface area contributed by atoms with Crippen LogP contribution in [0.25, 0.3) is 0 Å². The maximum Gasteiger partial charge on any atom is 0.409 e. The Kier molecular flexibility index (Phi) is 7.25. The maximum atomic E-state index is 13.1. The van der Waals surface area contributed by atoms with Crippen LogP contribution in [0.4, 0.5) is 13.6 Å². The van der Waals surface area contributed by atoms with Crippen molar-refractivity contribution in [1.82, 2.24) is 4.90 Å². The summed E-state index contributed by atoms with van der Waals surface area (Å²) in [6.45, 7) is 7.44. The molecule has 0 radical (unpaired) electrons. The lowest BCUT2D eigenvalue weighted by atomic mass is 9.98. The van der Waals surface area contributed by atoms with Crippen LogP contribution in [0.5, 0.6) is 0 Å². The molecule has 1 aliphatic carbocycles. The number of nitrogens with zero attached hydrogens (tertiary/aromatic N) is 1. The Morgan fingerprint density at radius 1 is 1.32 bits per heavy atom. The SMILES string of the molecule is CN(C[C@@H](N)C[C@H]1C[C@@H](F)[C@@H](F)C1)C(=O)OCC[Si](C)(C)C. The average molecular weight is 336 g/mol. The highest BCUT2D eigenvalue weighted by Crippen LogP contribution is 2.33. The summed E-state index contributed by atoms with van der Waals surface area (Å²) in [5.41, 5.74) is 5.99. The normalized spacial score (nSPS) is 26.8. The molecule has 1 aliphatic rings. The number of rotatable bonds is 7. The van der Waals surface area contributed by atoms with Gasteiger partial charge in [-0.25, -0.2) is 13.6 Å². The van der Waals surface area contributed by atoms with E-state index < -0.39 is 20.4 Å². The van der Waals surface area contributed by atoms with Crippen molar-refractivity contribution in [2.75, 3.05) is 20.2 Å². The molecule has 1 saturated carbocycles. The predicted molar refractivity (Wildman–Crippen MR) is 87.2 cm³/mol. The van der Waals surface area contributed by atoms with Crippen LogP contribution in [0.1, 0.15) is 19.3 Å². The minimum Gasteiger partial charge on any atom is -0.450 e. The van der Waals surface area contributed by atoms with Crippen molar-refractivity contribution in [2.45, 2.75) is 63.3 Å². The summed E-state index contributed by atoms with van der Waals surface area (Å²) in [6.07, 6.45) is -2.10. The summed E-state index contributed by atoms with van der Waals surface area (Å²) in [4.78, 5) is 13.3. The van der Waals surface area contributed by atoms with E-state index in [-0.39, 0.29) is 30.9 Å². The molecule has 4 nitrogen and oxygen atoms in total. The molecule has 0 spiro atoms. The Bertz CT molecular complexity index is 356. The van der Waals surface area contributed by atoms with Crippen molar-refractivity contribution in [3.05, 3.63) is 0 Å². The molecule has 4 atom stereocenters. The third-order valence-electron chi connectivity index (χ3n) is 4.04. The van der Waals surface area contributed by atoms with Crippen molar-refractivity contribution in [3.63, 3.8) is 0 Å². The quantitative estimate of drug-likeness (QED) is 0.726. The fourth-order valence-corrected chi connectivity index (χ4v) is 3.42. The van der Waals surface area contributed by atoms with Gasteiger partial charge in [-0.05, 0) is 31.2 Å². The van der Waals surface area contributed by atoms with E-state index in [1.165, 1.54) is 4.90 Å². The molecule has 0 saturated heterocycles. The number of ether oxygens (including phenoxy) is 1.